The second-order valence-corrected chi connectivity index (χ2v) is 3.20. The highest BCUT2D eigenvalue weighted by Gasteiger charge is 1.92. The maximum Gasteiger partial charge on any atom is 0.0919 e. The molecule has 1 nitrogen and oxygen atoms in total. The Morgan fingerprint density at radius 1 is 1.42 bits per heavy atom. The van der Waals surface area contributed by atoms with Crippen LogP contribution in [0.25, 0.3) is 0 Å². The summed E-state index contributed by atoms with van der Waals surface area (Å²) in [6.07, 6.45) is 4.95. The highest BCUT2D eigenvalue weighted by atomic mass is 32.1. The predicted octanol–water partition coefficient (Wildman–Crippen LogP) is 3.59. The lowest BCUT2D eigenvalue weighted by Gasteiger charge is -1.98. The molecule has 0 aromatic heterocycles. The predicted molar refractivity (Wildman–Crippen MR) is 59.9 cm³/mol. The first-order chi connectivity index (χ1) is 5.61. The van der Waals surface area contributed by atoms with Gasteiger partial charge in [0.05, 0.1) is 5.03 Å². The van der Waals surface area contributed by atoms with Crippen LogP contribution in [0.2, 0.25) is 0 Å². The fourth-order valence-corrected chi connectivity index (χ4v) is 0.803. The van der Waals surface area contributed by atoms with Crippen LogP contribution in [0.5, 0.6) is 0 Å². The number of nitrogens with zero attached hydrogens (tertiary/aromatic N) is 1. The quantitative estimate of drug-likeness (QED) is 0.507. The Morgan fingerprint density at radius 2 is 2.00 bits per heavy atom. The van der Waals surface area contributed by atoms with Gasteiger partial charge < -0.3 is 0 Å². The van der Waals surface area contributed by atoms with E-state index in [0.717, 1.165) is 22.7 Å². The number of hydrogen-bond donors (Lipinski definition) is 1. The van der Waals surface area contributed by atoms with E-state index in [4.69, 9.17) is 0 Å². The van der Waals surface area contributed by atoms with Crippen molar-refractivity contribution in [3.05, 3.63) is 22.8 Å². The Balaban J connectivity index is 4.60. The van der Waals surface area contributed by atoms with E-state index in [1.165, 1.54) is 0 Å². The second-order valence-electron chi connectivity index (χ2n) is 2.78. The molecule has 0 spiro atoms. The van der Waals surface area contributed by atoms with Crippen LogP contribution in [0.4, 0.5) is 0 Å². The van der Waals surface area contributed by atoms with Crippen LogP contribution in [0.15, 0.2) is 27.7 Å². The van der Waals surface area contributed by atoms with Gasteiger partial charge in [0, 0.05) is 5.71 Å². The number of allylic oxidation sites excluding steroid dienone is 3. The van der Waals surface area contributed by atoms with Gasteiger partial charge in [-0.2, -0.15) is 0 Å². The van der Waals surface area contributed by atoms with Gasteiger partial charge in [0.1, 0.15) is 0 Å². The molecule has 2 heteroatoms. The summed E-state index contributed by atoms with van der Waals surface area (Å²) in [7, 11) is 0. The maximum absolute atomic E-state index is 4.36. The van der Waals surface area contributed by atoms with Gasteiger partial charge >= 0.3 is 0 Å². The number of aliphatic imine (C=N–C) groups is 1. The zero-order valence-corrected chi connectivity index (χ0v) is 9.15. The fourth-order valence-electron chi connectivity index (χ4n) is 0.674. The highest BCUT2D eigenvalue weighted by molar-refractivity contribution is 7.84. The minimum atomic E-state index is 0.824. The van der Waals surface area contributed by atoms with Crippen molar-refractivity contribution in [3.8, 4) is 0 Å². The monoisotopic (exact) mass is 183 g/mol. The molecular weight excluding hydrogens is 166 g/mol. The summed E-state index contributed by atoms with van der Waals surface area (Å²) in [5, 5.41) is 0.824. The summed E-state index contributed by atoms with van der Waals surface area (Å²) in [6, 6.07) is 0. The van der Waals surface area contributed by atoms with Gasteiger partial charge in [-0.1, -0.05) is 13.0 Å². The van der Waals surface area contributed by atoms with Crippen molar-refractivity contribution < 1.29 is 0 Å². The molecule has 0 rings (SSSR count). The van der Waals surface area contributed by atoms with E-state index in [1.807, 2.05) is 32.9 Å². The molecule has 0 saturated heterocycles. The molecular formula is C10H17NS. The van der Waals surface area contributed by atoms with Crippen molar-refractivity contribution in [2.75, 3.05) is 0 Å². The van der Waals surface area contributed by atoms with E-state index < -0.39 is 0 Å². The zero-order chi connectivity index (χ0) is 9.56. The molecule has 0 heterocycles. The maximum atomic E-state index is 4.36. The average Bonchev–Trinajstić information content (AvgIpc) is 2.03. The molecule has 0 aliphatic heterocycles. The lowest BCUT2D eigenvalue weighted by molar-refractivity contribution is 1.24. The van der Waals surface area contributed by atoms with Crippen LogP contribution in [0, 0.1) is 0 Å². The third kappa shape index (κ3) is 4.39. The van der Waals surface area contributed by atoms with Gasteiger partial charge in [0.25, 0.3) is 0 Å². The molecule has 0 radical (unpaired) electrons. The Kier molecular flexibility index (Phi) is 5.81. The third-order valence-electron chi connectivity index (χ3n) is 1.42. The van der Waals surface area contributed by atoms with Gasteiger partial charge in [0.2, 0.25) is 0 Å². The van der Waals surface area contributed by atoms with Crippen LogP contribution >= 0.6 is 12.6 Å². The van der Waals surface area contributed by atoms with Crippen molar-refractivity contribution in [3.63, 3.8) is 0 Å². The van der Waals surface area contributed by atoms with Gasteiger partial charge in [-0.05, 0) is 38.8 Å². The topological polar surface area (TPSA) is 12.4 Å². The molecule has 0 aliphatic carbocycles. The van der Waals surface area contributed by atoms with Gasteiger partial charge in [0.15, 0.2) is 0 Å². The standard InChI is InChI=1S/C10H17NS/c1-5-7-9(6-2)11-10(12)8(3)4/h5,7,12H,6H2,1-4H3/b7-5-,11-9-. The summed E-state index contributed by atoms with van der Waals surface area (Å²) in [6.45, 7) is 8.10. The number of hydrogen-bond acceptors (Lipinski definition) is 2. The number of thiol groups is 1. The first kappa shape index (κ1) is 11.5. The van der Waals surface area contributed by atoms with Crippen molar-refractivity contribution in [2.45, 2.75) is 34.1 Å². The Labute approximate surface area is 80.7 Å². The summed E-state index contributed by atoms with van der Waals surface area (Å²) in [5.41, 5.74) is 2.22. The van der Waals surface area contributed by atoms with E-state index >= 15 is 0 Å². The van der Waals surface area contributed by atoms with E-state index in [-0.39, 0.29) is 0 Å². The first-order valence-corrected chi connectivity index (χ1v) is 4.63. The molecule has 0 atom stereocenters. The fraction of sp³-hybridized carbons (Fsp3) is 0.500. The third-order valence-corrected chi connectivity index (χ3v) is 1.97. The molecule has 0 N–H and O–H groups in total. The van der Waals surface area contributed by atoms with Crippen LogP contribution in [-0.2, 0) is 0 Å². The summed E-state index contributed by atoms with van der Waals surface area (Å²) < 4.78 is 0. The largest absolute Gasteiger partial charge is 0.247 e. The molecule has 12 heavy (non-hydrogen) atoms. The summed E-state index contributed by atoms with van der Waals surface area (Å²) in [5.74, 6) is 0. The van der Waals surface area contributed by atoms with Crippen molar-refractivity contribution in [1.82, 2.24) is 0 Å². The molecule has 0 aliphatic rings. The van der Waals surface area contributed by atoms with E-state index in [1.54, 1.807) is 0 Å². The second kappa shape index (κ2) is 6.06. The Hall–Kier alpha value is -0.500. The van der Waals surface area contributed by atoms with Gasteiger partial charge in [-0.25, -0.2) is 4.99 Å². The van der Waals surface area contributed by atoms with Gasteiger partial charge in [-0.15, -0.1) is 12.6 Å². The van der Waals surface area contributed by atoms with Crippen LogP contribution in [-0.4, -0.2) is 5.71 Å². The van der Waals surface area contributed by atoms with Crippen LogP contribution in [0.1, 0.15) is 34.1 Å². The molecule has 0 unspecified atom stereocenters. The van der Waals surface area contributed by atoms with Gasteiger partial charge in [-0.3, -0.25) is 0 Å². The normalized spacial score (nSPS) is 12.2. The Morgan fingerprint density at radius 3 is 2.33 bits per heavy atom. The first-order valence-electron chi connectivity index (χ1n) is 4.18. The lowest BCUT2D eigenvalue weighted by Crippen LogP contribution is -1.90. The molecule has 68 valence electrons. The van der Waals surface area contributed by atoms with Crippen molar-refractivity contribution in [2.24, 2.45) is 4.99 Å². The minimum absolute atomic E-state index is 0.824. The molecule has 0 aromatic rings. The average molecular weight is 183 g/mol. The molecule has 0 fully saturated rings. The van der Waals surface area contributed by atoms with E-state index in [0.29, 0.717) is 0 Å². The SMILES string of the molecule is C/C=C\C(CC)=N/C(S)=C(C)C. The lowest BCUT2D eigenvalue weighted by atomic mass is 10.2. The molecule has 0 saturated carbocycles. The zero-order valence-electron chi connectivity index (χ0n) is 8.26. The summed E-state index contributed by atoms with van der Waals surface area (Å²) >= 11 is 4.27. The highest BCUT2D eigenvalue weighted by Crippen LogP contribution is 2.10. The van der Waals surface area contributed by atoms with Crippen molar-refractivity contribution >= 4 is 18.3 Å². The summed E-state index contributed by atoms with van der Waals surface area (Å²) in [4.78, 5) is 4.36. The van der Waals surface area contributed by atoms with Crippen LogP contribution in [0.3, 0.4) is 0 Å². The Bertz CT molecular complexity index is 220. The number of rotatable bonds is 3. The molecule has 0 bridgehead atoms. The van der Waals surface area contributed by atoms with E-state index in [2.05, 4.69) is 24.5 Å². The smallest absolute Gasteiger partial charge is 0.0919 e. The van der Waals surface area contributed by atoms with E-state index in [9.17, 15) is 0 Å². The molecule has 0 aromatic carbocycles. The molecule has 0 amide bonds. The van der Waals surface area contributed by atoms with Crippen molar-refractivity contribution in [1.29, 1.82) is 0 Å². The van der Waals surface area contributed by atoms with Crippen LogP contribution < -0.4 is 0 Å². The minimum Gasteiger partial charge on any atom is -0.247 e.